The van der Waals surface area contributed by atoms with Gasteiger partial charge in [0.05, 0.1) is 0 Å². The fraction of sp³-hybridized carbons (Fsp3) is 0.310. The number of halogens is 2. The molecule has 7 heteroatoms. The third kappa shape index (κ3) is 7.93. The molecule has 190 valence electrons. The Hall–Kier alpha value is -2.64. The molecule has 0 unspecified atom stereocenters. The van der Waals surface area contributed by atoms with Crippen LogP contribution in [-0.2, 0) is 22.6 Å². The molecule has 0 aliphatic rings. The number of nitrogens with one attached hydrogen (secondary N) is 1. The molecule has 0 saturated carbocycles. The van der Waals surface area contributed by atoms with Gasteiger partial charge in [-0.1, -0.05) is 81.2 Å². The number of hydrogen-bond donors (Lipinski definition) is 1. The quantitative estimate of drug-likeness (QED) is 0.273. The normalized spacial score (nSPS) is 11.6. The maximum Gasteiger partial charge on any atom is 0.261 e. The van der Waals surface area contributed by atoms with Crippen molar-refractivity contribution in [1.82, 2.24) is 10.2 Å². The van der Waals surface area contributed by atoms with E-state index < -0.39 is 6.04 Å². The number of carbonyl (C=O) groups excluding carboxylic acids is 2. The van der Waals surface area contributed by atoms with Gasteiger partial charge in [0, 0.05) is 28.5 Å². The van der Waals surface area contributed by atoms with Crippen LogP contribution in [0.25, 0.3) is 0 Å². The Kier molecular flexibility index (Phi) is 10.6. The summed E-state index contributed by atoms with van der Waals surface area (Å²) < 4.78 is 7.87. The van der Waals surface area contributed by atoms with E-state index in [9.17, 15) is 9.59 Å². The molecular weight excluding hydrogens is 584 g/mol. The van der Waals surface area contributed by atoms with Crippen LogP contribution in [0, 0.1) is 13.8 Å². The van der Waals surface area contributed by atoms with Gasteiger partial charge < -0.3 is 15.0 Å². The highest BCUT2D eigenvalue weighted by molar-refractivity contribution is 9.10. The summed E-state index contributed by atoms with van der Waals surface area (Å²) in [4.78, 5) is 28.6. The lowest BCUT2D eigenvalue weighted by molar-refractivity contribution is -0.142. The number of rotatable bonds is 11. The Bertz CT molecular complexity index is 1160. The number of nitrogens with zero attached hydrogens (tertiary/aromatic N) is 1. The third-order valence-electron chi connectivity index (χ3n) is 5.83. The summed E-state index contributed by atoms with van der Waals surface area (Å²) in [5.41, 5.74) is 3.98. The zero-order valence-corrected chi connectivity index (χ0v) is 24.1. The third-order valence-corrected chi connectivity index (χ3v) is 7.58. The van der Waals surface area contributed by atoms with Gasteiger partial charge in [-0.15, -0.1) is 0 Å². The minimum atomic E-state index is -0.678. The van der Waals surface area contributed by atoms with Crippen molar-refractivity contribution in [2.24, 2.45) is 0 Å². The smallest absolute Gasteiger partial charge is 0.261 e. The van der Waals surface area contributed by atoms with Gasteiger partial charge in [0.15, 0.2) is 6.61 Å². The van der Waals surface area contributed by atoms with Crippen LogP contribution in [0.2, 0.25) is 0 Å². The first-order valence-electron chi connectivity index (χ1n) is 12.0. The molecule has 0 heterocycles. The molecule has 0 aliphatic carbocycles. The van der Waals surface area contributed by atoms with Crippen molar-refractivity contribution in [3.05, 3.63) is 97.9 Å². The van der Waals surface area contributed by atoms with E-state index in [1.165, 1.54) is 0 Å². The zero-order chi connectivity index (χ0) is 26.1. The largest absolute Gasteiger partial charge is 0.484 e. The monoisotopic (exact) mass is 614 g/mol. The van der Waals surface area contributed by atoms with Gasteiger partial charge in [-0.2, -0.15) is 0 Å². The molecule has 1 N–H and O–H groups in total. The van der Waals surface area contributed by atoms with Crippen molar-refractivity contribution in [3.63, 3.8) is 0 Å². The maximum absolute atomic E-state index is 13.7. The Morgan fingerprint density at radius 2 is 1.61 bits per heavy atom. The second kappa shape index (κ2) is 13.6. The van der Waals surface area contributed by atoms with Gasteiger partial charge in [0.2, 0.25) is 5.91 Å². The topological polar surface area (TPSA) is 58.6 Å². The highest BCUT2D eigenvalue weighted by atomic mass is 79.9. The fourth-order valence-electron chi connectivity index (χ4n) is 3.97. The number of aryl methyl sites for hydroxylation is 2. The van der Waals surface area contributed by atoms with Crippen molar-refractivity contribution in [2.45, 2.75) is 46.2 Å². The van der Waals surface area contributed by atoms with Gasteiger partial charge in [0.25, 0.3) is 5.91 Å². The molecule has 2 amide bonds. The maximum atomic E-state index is 13.7. The first-order valence-corrected chi connectivity index (χ1v) is 13.6. The first-order chi connectivity index (χ1) is 17.3. The molecule has 3 aromatic carbocycles. The molecule has 0 spiro atoms. The second-order valence-corrected chi connectivity index (χ2v) is 10.5. The molecule has 36 heavy (non-hydrogen) atoms. The number of carbonyl (C=O) groups is 2. The summed E-state index contributed by atoms with van der Waals surface area (Å²) in [7, 11) is 0. The summed E-state index contributed by atoms with van der Waals surface area (Å²) in [5, 5.41) is 2.99. The number of benzene rings is 3. The Morgan fingerprint density at radius 3 is 2.25 bits per heavy atom. The summed E-state index contributed by atoms with van der Waals surface area (Å²) >= 11 is 7.08. The lowest BCUT2D eigenvalue weighted by atomic mass is 10.0. The average Bonchev–Trinajstić information content (AvgIpc) is 2.87. The van der Waals surface area contributed by atoms with Crippen LogP contribution in [0.3, 0.4) is 0 Å². The van der Waals surface area contributed by atoms with Crippen molar-refractivity contribution >= 4 is 43.7 Å². The van der Waals surface area contributed by atoms with E-state index in [4.69, 9.17) is 4.74 Å². The molecule has 0 aromatic heterocycles. The van der Waals surface area contributed by atoms with Crippen LogP contribution in [0.5, 0.6) is 5.75 Å². The van der Waals surface area contributed by atoms with Gasteiger partial charge in [-0.05, 0) is 66.8 Å². The lowest BCUT2D eigenvalue weighted by Crippen LogP contribution is -2.51. The fourth-order valence-corrected chi connectivity index (χ4v) is 4.65. The standard InChI is InChI=1S/C29H32Br2N2O3/c1-4-13-32-29(35)26(17-22-9-6-5-7-10-22)33(18-23-11-8-12-24(30)16-23)27(34)19-36-25-14-20(2)28(31)21(3)15-25/h5-12,14-16,26H,4,13,17-19H2,1-3H3,(H,32,35)/t26-/m1/s1. The molecule has 0 fully saturated rings. The summed E-state index contributed by atoms with van der Waals surface area (Å²) in [6.07, 6.45) is 1.22. The lowest BCUT2D eigenvalue weighted by Gasteiger charge is -2.31. The first kappa shape index (κ1) is 27.9. The number of hydrogen-bond acceptors (Lipinski definition) is 3. The molecule has 0 bridgehead atoms. The predicted molar refractivity (Wildman–Crippen MR) is 151 cm³/mol. The Labute approximate surface area is 230 Å². The predicted octanol–water partition coefficient (Wildman–Crippen LogP) is 6.37. The molecule has 5 nitrogen and oxygen atoms in total. The highest BCUT2D eigenvalue weighted by Gasteiger charge is 2.30. The van der Waals surface area contributed by atoms with Gasteiger partial charge in [-0.25, -0.2) is 0 Å². The molecule has 0 radical (unpaired) electrons. The molecule has 3 rings (SSSR count). The number of amides is 2. The van der Waals surface area contributed by atoms with Crippen LogP contribution in [0.4, 0.5) is 0 Å². The van der Waals surface area contributed by atoms with Crippen LogP contribution < -0.4 is 10.1 Å². The molecule has 0 saturated heterocycles. The van der Waals surface area contributed by atoms with Crippen LogP contribution >= 0.6 is 31.9 Å². The van der Waals surface area contributed by atoms with E-state index in [0.717, 1.165) is 37.6 Å². The van der Waals surface area contributed by atoms with Crippen molar-refractivity contribution in [3.8, 4) is 5.75 Å². The summed E-state index contributed by atoms with van der Waals surface area (Å²) in [5.74, 6) is 0.208. The molecule has 3 aromatic rings. The van der Waals surface area contributed by atoms with E-state index in [-0.39, 0.29) is 25.0 Å². The van der Waals surface area contributed by atoms with Crippen LogP contribution in [-0.4, -0.2) is 35.9 Å². The minimum absolute atomic E-state index is 0.166. The van der Waals surface area contributed by atoms with Gasteiger partial charge in [0.1, 0.15) is 11.8 Å². The Morgan fingerprint density at radius 1 is 0.944 bits per heavy atom. The Balaban J connectivity index is 1.91. The average molecular weight is 616 g/mol. The molecule has 1 atom stereocenters. The minimum Gasteiger partial charge on any atom is -0.484 e. The molecular formula is C29H32Br2N2O3. The molecule has 0 aliphatic heterocycles. The summed E-state index contributed by atoms with van der Waals surface area (Å²) in [6, 6.07) is 20.7. The van der Waals surface area contributed by atoms with E-state index in [0.29, 0.717) is 18.7 Å². The van der Waals surface area contributed by atoms with Gasteiger partial charge in [-0.3, -0.25) is 9.59 Å². The van der Waals surface area contributed by atoms with E-state index in [1.54, 1.807) is 4.90 Å². The highest BCUT2D eigenvalue weighted by Crippen LogP contribution is 2.26. The van der Waals surface area contributed by atoms with Crippen molar-refractivity contribution < 1.29 is 14.3 Å². The van der Waals surface area contributed by atoms with Crippen molar-refractivity contribution in [2.75, 3.05) is 13.2 Å². The van der Waals surface area contributed by atoms with Crippen molar-refractivity contribution in [1.29, 1.82) is 0 Å². The number of ether oxygens (including phenoxy) is 1. The second-order valence-electron chi connectivity index (χ2n) is 8.81. The van der Waals surface area contributed by atoms with E-state index in [2.05, 4.69) is 37.2 Å². The SMILES string of the molecule is CCCNC(=O)[C@@H](Cc1ccccc1)N(Cc1cccc(Br)c1)C(=O)COc1cc(C)c(Br)c(C)c1. The van der Waals surface area contributed by atoms with Gasteiger partial charge >= 0.3 is 0 Å². The zero-order valence-electron chi connectivity index (χ0n) is 20.9. The van der Waals surface area contributed by atoms with Crippen LogP contribution in [0.15, 0.2) is 75.7 Å². The summed E-state index contributed by atoms with van der Waals surface area (Å²) in [6.45, 7) is 6.65. The van der Waals surface area contributed by atoms with E-state index in [1.807, 2.05) is 87.5 Å². The van der Waals surface area contributed by atoms with E-state index >= 15 is 0 Å². The van der Waals surface area contributed by atoms with Crippen LogP contribution in [0.1, 0.15) is 35.6 Å².